The van der Waals surface area contributed by atoms with Gasteiger partial charge in [-0.05, 0) is 48.1 Å². The van der Waals surface area contributed by atoms with Gasteiger partial charge in [-0.1, -0.05) is 53.4 Å². The van der Waals surface area contributed by atoms with Crippen LogP contribution >= 0.6 is 35.3 Å². The molecule has 2 heterocycles. The number of rotatable bonds is 5. The average molecular weight is 383 g/mol. The maximum Gasteiger partial charge on any atom is 0.184 e. The van der Waals surface area contributed by atoms with Crippen molar-refractivity contribution in [1.82, 2.24) is 19.6 Å². The summed E-state index contributed by atoms with van der Waals surface area (Å²) < 4.78 is 5.42. The number of para-hydroxylation sites is 1. The zero-order valence-electron chi connectivity index (χ0n) is 13.1. The van der Waals surface area contributed by atoms with E-state index < -0.39 is 0 Å². The zero-order chi connectivity index (χ0) is 17.1. The Kier molecular flexibility index (Phi) is 4.78. The van der Waals surface area contributed by atoms with Crippen LogP contribution in [0.3, 0.4) is 0 Å². The first-order valence-corrected chi connectivity index (χ1v) is 9.88. The molecule has 0 atom stereocenters. The number of hydrogen-bond acceptors (Lipinski definition) is 5. The highest BCUT2D eigenvalue weighted by atomic mass is 32.2. The van der Waals surface area contributed by atoms with Crippen LogP contribution in [0, 0.1) is 3.95 Å². The molecule has 0 N–H and O–H groups in total. The van der Waals surface area contributed by atoms with Crippen LogP contribution in [0.25, 0.3) is 11.4 Å². The summed E-state index contributed by atoms with van der Waals surface area (Å²) in [6, 6.07) is 20.3. The van der Waals surface area contributed by atoms with Crippen LogP contribution in [0.15, 0.2) is 77.4 Å². The fourth-order valence-corrected chi connectivity index (χ4v) is 4.68. The minimum absolute atomic E-state index is 0.766. The summed E-state index contributed by atoms with van der Waals surface area (Å²) in [6.07, 6.45) is 3.72. The van der Waals surface area contributed by atoms with Gasteiger partial charge >= 0.3 is 0 Å². The fraction of sp³-hybridized carbons (Fsp3) is 0.0556. The Hall–Kier alpha value is -2.22. The van der Waals surface area contributed by atoms with Gasteiger partial charge < -0.3 is 0 Å². The molecule has 4 rings (SSSR count). The lowest BCUT2D eigenvalue weighted by Crippen LogP contribution is -1.95. The van der Waals surface area contributed by atoms with Crippen molar-refractivity contribution in [3.8, 4) is 11.4 Å². The standard InChI is InChI=1S/C18H14N4S3/c23-18-22(16-5-2-1-3-6-16)20-17(25-18)24-13-14-7-9-15(10-8-14)21-12-4-11-19-21/h1-12H,13H2. The molecule has 0 aliphatic heterocycles. The number of hydrogen-bond donors (Lipinski definition) is 0. The summed E-state index contributed by atoms with van der Waals surface area (Å²) in [7, 11) is 0. The van der Waals surface area contributed by atoms with E-state index in [1.165, 1.54) is 5.56 Å². The second-order valence-electron chi connectivity index (χ2n) is 5.29. The molecule has 124 valence electrons. The summed E-state index contributed by atoms with van der Waals surface area (Å²) >= 11 is 8.69. The van der Waals surface area contributed by atoms with E-state index in [2.05, 4.69) is 34.5 Å². The Morgan fingerprint density at radius 1 is 0.960 bits per heavy atom. The van der Waals surface area contributed by atoms with Crippen molar-refractivity contribution in [2.24, 2.45) is 0 Å². The molecule has 0 bridgehead atoms. The predicted molar refractivity (Wildman–Crippen MR) is 105 cm³/mol. The molecule has 7 heteroatoms. The molecule has 0 saturated carbocycles. The summed E-state index contributed by atoms with van der Waals surface area (Å²) in [5, 5.41) is 8.87. The number of nitrogens with zero attached hydrogens (tertiary/aromatic N) is 4. The number of benzene rings is 2. The Morgan fingerprint density at radius 3 is 2.48 bits per heavy atom. The van der Waals surface area contributed by atoms with Gasteiger partial charge in [-0.2, -0.15) is 5.10 Å². The summed E-state index contributed by atoms with van der Waals surface area (Å²) in [6.45, 7) is 0. The van der Waals surface area contributed by atoms with Crippen molar-refractivity contribution < 1.29 is 0 Å². The van der Waals surface area contributed by atoms with Gasteiger partial charge in [0.25, 0.3) is 0 Å². The van der Waals surface area contributed by atoms with E-state index in [4.69, 9.17) is 12.2 Å². The molecule has 0 unspecified atom stereocenters. The Labute approximate surface area is 158 Å². The predicted octanol–water partition coefficient (Wildman–Crippen LogP) is 5.14. The normalized spacial score (nSPS) is 10.9. The molecule has 0 saturated heterocycles. The third kappa shape index (κ3) is 3.73. The van der Waals surface area contributed by atoms with Crippen molar-refractivity contribution in [1.29, 1.82) is 0 Å². The quantitative estimate of drug-likeness (QED) is 0.354. The van der Waals surface area contributed by atoms with Crippen molar-refractivity contribution in [3.05, 3.63) is 82.6 Å². The molecule has 0 fully saturated rings. The van der Waals surface area contributed by atoms with E-state index in [9.17, 15) is 0 Å². The smallest absolute Gasteiger partial charge is 0.184 e. The summed E-state index contributed by atoms with van der Waals surface area (Å²) in [5.41, 5.74) is 3.30. The van der Waals surface area contributed by atoms with E-state index in [0.717, 1.165) is 25.4 Å². The minimum Gasteiger partial charge on any atom is -0.241 e. The Morgan fingerprint density at radius 2 is 1.76 bits per heavy atom. The molecule has 0 radical (unpaired) electrons. The van der Waals surface area contributed by atoms with Gasteiger partial charge in [0.2, 0.25) is 0 Å². The van der Waals surface area contributed by atoms with Crippen LogP contribution in [-0.2, 0) is 5.75 Å². The third-order valence-electron chi connectivity index (χ3n) is 3.60. The van der Waals surface area contributed by atoms with Crippen molar-refractivity contribution >= 4 is 35.3 Å². The topological polar surface area (TPSA) is 35.6 Å². The molecule has 2 aromatic heterocycles. The monoisotopic (exact) mass is 382 g/mol. The first-order chi connectivity index (χ1) is 12.3. The molecule has 4 aromatic rings. The average Bonchev–Trinajstić information content (AvgIpc) is 3.31. The van der Waals surface area contributed by atoms with Gasteiger partial charge in [-0.25, -0.2) is 9.36 Å². The van der Waals surface area contributed by atoms with Gasteiger partial charge in [-0.15, -0.1) is 5.10 Å². The second-order valence-corrected chi connectivity index (χ2v) is 8.13. The highest BCUT2D eigenvalue weighted by Crippen LogP contribution is 2.27. The molecular weight excluding hydrogens is 368 g/mol. The van der Waals surface area contributed by atoms with Gasteiger partial charge in [0, 0.05) is 18.1 Å². The fourth-order valence-electron chi connectivity index (χ4n) is 2.36. The van der Waals surface area contributed by atoms with Gasteiger partial charge in [-0.3, -0.25) is 0 Å². The van der Waals surface area contributed by atoms with Crippen LogP contribution in [0.2, 0.25) is 0 Å². The lowest BCUT2D eigenvalue weighted by molar-refractivity contribution is 0.829. The first-order valence-electron chi connectivity index (χ1n) is 7.67. The van der Waals surface area contributed by atoms with E-state index in [1.54, 1.807) is 29.3 Å². The van der Waals surface area contributed by atoms with Crippen LogP contribution in [0.1, 0.15) is 5.56 Å². The molecular formula is C18H14N4S3. The molecule has 0 amide bonds. The Bertz CT molecular complexity index is 1000. The van der Waals surface area contributed by atoms with Crippen LogP contribution in [0.4, 0.5) is 0 Å². The van der Waals surface area contributed by atoms with Gasteiger partial charge in [0.1, 0.15) is 0 Å². The summed E-state index contributed by atoms with van der Waals surface area (Å²) in [4.78, 5) is 0. The summed E-state index contributed by atoms with van der Waals surface area (Å²) in [5.74, 6) is 0.858. The van der Waals surface area contributed by atoms with Gasteiger partial charge in [0.15, 0.2) is 8.29 Å². The largest absolute Gasteiger partial charge is 0.241 e. The highest BCUT2D eigenvalue weighted by Gasteiger charge is 2.07. The van der Waals surface area contributed by atoms with Gasteiger partial charge in [0.05, 0.1) is 11.4 Å². The molecule has 4 nitrogen and oxygen atoms in total. The maximum absolute atomic E-state index is 5.44. The zero-order valence-corrected chi connectivity index (χ0v) is 15.6. The third-order valence-corrected chi connectivity index (χ3v) is 6.03. The van der Waals surface area contributed by atoms with E-state index >= 15 is 0 Å². The molecule has 25 heavy (non-hydrogen) atoms. The highest BCUT2D eigenvalue weighted by molar-refractivity contribution is 8.00. The van der Waals surface area contributed by atoms with E-state index in [0.29, 0.717) is 0 Å². The van der Waals surface area contributed by atoms with Crippen LogP contribution in [-0.4, -0.2) is 19.6 Å². The minimum atomic E-state index is 0.766. The lowest BCUT2D eigenvalue weighted by Gasteiger charge is -2.03. The van der Waals surface area contributed by atoms with E-state index in [1.807, 2.05) is 52.0 Å². The van der Waals surface area contributed by atoms with Crippen LogP contribution < -0.4 is 0 Å². The first kappa shape index (κ1) is 16.3. The lowest BCUT2D eigenvalue weighted by atomic mass is 10.2. The Balaban J connectivity index is 1.46. The SMILES string of the molecule is S=c1sc(SCc2ccc(-n3cccn3)cc2)nn1-c1ccccc1. The molecule has 0 spiro atoms. The van der Waals surface area contributed by atoms with Crippen molar-refractivity contribution in [2.45, 2.75) is 10.1 Å². The maximum atomic E-state index is 5.44. The second kappa shape index (κ2) is 7.35. The number of thioether (sulfide) groups is 1. The number of aromatic nitrogens is 4. The molecule has 2 aromatic carbocycles. The van der Waals surface area contributed by atoms with Crippen LogP contribution in [0.5, 0.6) is 0 Å². The van der Waals surface area contributed by atoms with Crippen molar-refractivity contribution in [3.63, 3.8) is 0 Å². The molecule has 0 aliphatic carbocycles. The molecule has 0 aliphatic rings. The van der Waals surface area contributed by atoms with E-state index in [-0.39, 0.29) is 0 Å². The van der Waals surface area contributed by atoms with Crippen molar-refractivity contribution in [2.75, 3.05) is 0 Å².